The van der Waals surface area contributed by atoms with Crippen molar-refractivity contribution >= 4 is 29.6 Å². The molecule has 6 nitrogen and oxygen atoms in total. The zero-order chi connectivity index (χ0) is 15.1. The Morgan fingerprint density at radius 3 is 2.57 bits per heavy atom. The number of hydrogen-bond donors (Lipinski definition) is 2. The van der Waals surface area contributed by atoms with E-state index in [0.717, 1.165) is 31.2 Å². The minimum atomic E-state index is 0.364. The van der Waals surface area contributed by atoms with Gasteiger partial charge in [0, 0.05) is 26.2 Å². The largest absolute Gasteiger partial charge is 0.357 e. The SMILES string of the molecule is CCSCCC(C)Nc1nc(NC)nc(N2CCCC2)n1. The van der Waals surface area contributed by atoms with Gasteiger partial charge in [-0.25, -0.2) is 0 Å². The standard InChI is InChI=1S/C14H26N6S/c1-4-21-10-7-11(2)16-13-17-12(15-3)18-14(19-13)20-8-5-6-9-20/h11H,4-10H2,1-3H3,(H2,15,16,17,18,19). The van der Waals surface area contributed by atoms with Gasteiger partial charge in [-0.3, -0.25) is 0 Å². The van der Waals surface area contributed by atoms with Crippen molar-refractivity contribution < 1.29 is 0 Å². The fourth-order valence-electron chi connectivity index (χ4n) is 2.30. The number of hydrogen-bond acceptors (Lipinski definition) is 7. The van der Waals surface area contributed by atoms with E-state index in [1.807, 2.05) is 18.8 Å². The predicted molar refractivity (Wildman–Crippen MR) is 91.5 cm³/mol. The van der Waals surface area contributed by atoms with Crippen LogP contribution in [0.4, 0.5) is 17.8 Å². The van der Waals surface area contributed by atoms with Gasteiger partial charge in [-0.05, 0) is 37.7 Å². The molecule has 1 aromatic rings. The average Bonchev–Trinajstić information content (AvgIpc) is 3.01. The molecule has 0 aromatic carbocycles. The lowest BCUT2D eigenvalue weighted by atomic mass is 10.3. The predicted octanol–water partition coefficient (Wildman–Crippen LogP) is 2.46. The molecule has 0 aliphatic carbocycles. The first-order chi connectivity index (χ1) is 10.2. The van der Waals surface area contributed by atoms with Gasteiger partial charge in [0.2, 0.25) is 17.8 Å². The van der Waals surface area contributed by atoms with Crippen LogP contribution in [-0.4, -0.2) is 52.6 Å². The van der Waals surface area contributed by atoms with E-state index in [1.165, 1.54) is 18.6 Å². The fraction of sp³-hybridized carbons (Fsp3) is 0.786. The van der Waals surface area contributed by atoms with Crippen molar-refractivity contribution in [3.63, 3.8) is 0 Å². The van der Waals surface area contributed by atoms with Crippen molar-refractivity contribution in [3.8, 4) is 0 Å². The molecule has 1 atom stereocenters. The summed E-state index contributed by atoms with van der Waals surface area (Å²) in [6.07, 6.45) is 3.54. The second-order valence-corrected chi connectivity index (χ2v) is 6.65. The Morgan fingerprint density at radius 2 is 1.90 bits per heavy atom. The van der Waals surface area contributed by atoms with Gasteiger partial charge in [0.1, 0.15) is 0 Å². The van der Waals surface area contributed by atoms with E-state index in [-0.39, 0.29) is 0 Å². The van der Waals surface area contributed by atoms with Crippen molar-refractivity contribution in [3.05, 3.63) is 0 Å². The fourth-order valence-corrected chi connectivity index (χ4v) is 3.11. The molecule has 0 radical (unpaired) electrons. The maximum atomic E-state index is 4.58. The summed E-state index contributed by atoms with van der Waals surface area (Å²) < 4.78 is 0. The molecule has 21 heavy (non-hydrogen) atoms. The van der Waals surface area contributed by atoms with Gasteiger partial charge in [0.05, 0.1) is 0 Å². The Morgan fingerprint density at radius 1 is 1.19 bits per heavy atom. The van der Waals surface area contributed by atoms with Crippen LogP contribution in [0.1, 0.15) is 33.1 Å². The lowest BCUT2D eigenvalue weighted by molar-refractivity contribution is 0.755. The molecule has 1 fully saturated rings. The summed E-state index contributed by atoms with van der Waals surface area (Å²) in [7, 11) is 1.84. The molecule has 0 spiro atoms. The lowest BCUT2D eigenvalue weighted by Gasteiger charge is -2.18. The summed E-state index contributed by atoms with van der Waals surface area (Å²) in [6.45, 7) is 6.44. The third kappa shape index (κ3) is 4.91. The van der Waals surface area contributed by atoms with Crippen LogP contribution in [-0.2, 0) is 0 Å². The number of thioether (sulfide) groups is 1. The summed E-state index contributed by atoms with van der Waals surface area (Å²) in [5.41, 5.74) is 0. The average molecular weight is 310 g/mol. The van der Waals surface area contributed by atoms with Crippen molar-refractivity contribution in [2.75, 3.05) is 47.2 Å². The van der Waals surface area contributed by atoms with Crippen LogP contribution >= 0.6 is 11.8 Å². The Bertz CT molecular complexity index is 435. The van der Waals surface area contributed by atoms with Crippen LogP contribution < -0.4 is 15.5 Å². The summed E-state index contributed by atoms with van der Waals surface area (Å²) in [6, 6.07) is 0.364. The highest BCUT2D eigenvalue weighted by Crippen LogP contribution is 2.19. The first-order valence-corrected chi connectivity index (χ1v) is 8.91. The Labute approximate surface area is 131 Å². The highest BCUT2D eigenvalue weighted by Gasteiger charge is 2.17. The first kappa shape index (κ1) is 16.1. The van der Waals surface area contributed by atoms with Gasteiger partial charge in [-0.15, -0.1) is 0 Å². The van der Waals surface area contributed by atoms with Gasteiger partial charge in [-0.2, -0.15) is 26.7 Å². The van der Waals surface area contributed by atoms with E-state index in [0.29, 0.717) is 17.9 Å². The van der Waals surface area contributed by atoms with E-state index in [4.69, 9.17) is 0 Å². The number of nitrogens with one attached hydrogen (secondary N) is 2. The molecule has 1 aliphatic rings. The van der Waals surface area contributed by atoms with E-state index < -0.39 is 0 Å². The van der Waals surface area contributed by atoms with Crippen LogP contribution in [0.15, 0.2) is 0 Å². The number of nitrogens with zero attached hydrogens (tertiary/aromatic N) is 4. The number of rotatable bonds is 8. The van der Waals surface area contributed by atoms with E-state index in [1.54, 1.807) is 0 Å². The van der Waals surface area contributed by atoms with Gasteiger partial charge >= 0.3 is 0 Å². The van der Waals surface area contributed by atoms with Crippen LogP contribution in [0.5, 0.6) is 0 Å². The maximum absolute atomic E-state index is 4.58. The van der Waals surface area contributed by atoms with E-state index in [9.17, 15) is 0 Å². The van der Waals surface area contributed by atoms with Gasteiger partial charge < -0.3 is 15.5 Å². The maximum Gasteiger partial charge on any atom is 0.231 e. The summed E-state index contributed by atoms with van der Waals surface area (Å²) in [5.74, 6) is 4.41. The highest BCUT2D eigenvalue weighted by atomic mass is 32.2. The van der Waals surface area contributed by atoms with Gasteiger partial charge in [-0.1, -0.05) is 6.92 Å². The second-order valence-electron chi connectivity index (χ2n) is 5.26. The summed E-state index contributed by atoms with van der Waals surface area (Å²) in [5, 5.41) is 6.42. The van der Waals surface area contributed by atoms with Crippen LogP contribution in [0, 0.1) is 0 Å². The Balaban J connectivity index is 2.02. The van der Waals surface area contributed by atoms with Crippen LogP contribution in [0.2, 0.25) is 0 Å². The lowest BCUT2D eigenvalue weighted by Crippen LogP contribution is -2.24. The monoisotopic (exact) mass is 310 g/mol. The molecular weight excluding hydrogens is 284 g/mol. The summed E-state index contributed by atoms with van der Waals surface area (Å²) >= 11 is 1.96. The molecule has 7 heteroatoms. The third-order valence-corrected chi connectivity index (χ3v) is 4.44. The zero-order valence-corrected chi connectivity index (χ0v) is 14.0. The molecule has 118 valence electrons. The minimum absolute atomic E-state index is 0.364. The quantitative estimate of drug-likeness (QED) is 0.715. The van der Waals surface area contributed by atoms with Crippen molar-refractivity contribution in [2.24, 2.45) is 0 Å². The van der Waals surface area contributed by atoms with E-state index >= 15 is 0 Å². The second kappa shape index (κ2) is 8.26. The number of anilines is 3. The smallest absolute Gasteiger partial charge is 0.231 e. The molecule has 0 amide bonds. The van der Waals surface area contributed by atoms with Gasteiger partial charge in [0.15, 0.2) is 0 Å². The minimum Gasteiger partial charge on any atom is -0.357 e. The topological polar surface area (TPSA) is 66.0 Å². The molecular formula is C14H26N6S. The Kier molecular flexibility index (Phi) is 6.35. The highest BCUT2D eigenvalue weighted by molar-refractivity contribution is 7.99. The van der Waals surface area contributed by atoms with Crippen molar-refractivity contribution in [1.82, 2.24) is 15.0 Å². The molecule has 2 N–H and O–H groups in total. The zero-order valence-electron chi connectivity index (χ0n) is 13.2. The molecule has 1 saturated heterocycles. The molecule has 2 rings (SSSR count). The van der Waals surface area contributed by atoms with Crippen LogP contribution in [0.25, 0.3) is 0 Å². The molecule has 2 heterocycles. The van der Waals surface area contributed by atoms with E-state index in [2.05, 4.69) is 44.3 Å². The van der Waals surface area contributed by atoms with Crippen molar-refractivity contribution in [2.45, 2.75) is 39.2 Å². The summed E-state index contributed by atoms with van der Waals surface area (Å²) in [4.78, 5) is 15.7. The number of aromatic nitrogens is 3. The molecule has 0 bridgehead atoms. The Hall–Kier alpha value is -1.24. The molecule has 0 saturated carbocycles. The normalized spacial score (nSPS) is 16.0. The van der Waals surface area contributed by atoms with Gasteiger partial charge in [0.25, 0.3) is 0 Å². The molecule has 1 aliphatic heterocycles. The molecule has 1 unspecified atom stereocenters. The third-order valence-electron chi connectivity index (χ3n) is 3.51. The molecule has 1 aromatic heterocycles. The first-order valence-electron chi connectivity index (χ1n) is 7.76. The van der Waals surface area contributed by atoms with Crippen molar-refractivity contribution in [1.29, 1.82) is 0 Å². The van der Waals surface area contributed by atoms with Crippen LogP contribution in [0.3, 0.4) is 0 Å².